The molecule has 2 saturated heterocycles. The van der Waals surface area contributed by atoms with Crippen LogP contribution >= 0.6 is 23.2 Å². The van der Waals surface area contributed by atoms with Crippen molar-refractivity contribution < 1.29 is 14.2 Å². The summed E-state index contributed by atoms with van der Waals surface area (Å²) in [4.78, 5) is 4.97. The zero-order chi connectivity index (χ0) is 26.3. The van der Waals surface area contributed by atoms with Gasteiger partial charge in [0.2, 0.25) is 0 Å². The van der Waals surface area contributed by atoms with Crippen LogP contribution in [-0.2, 0) is 16.0 Å². The molecule has 3 aromatic carbocycles. The predicted octanol–water partition coefficient (Wildman–Crippen LogP) is 7.37. The Bertz CT molecular complexity index is 1160. The SMILES string of the molecule is C[C@H]1CN(Cc2ccccc2)C[C@@H](c2ccc(Cl)cc2)N1c1ccc(OCCOC2CCCCO2)cc1Cl. The van der Waals surface area contributed by atoms with E-state index in [2.05, 4.69) is 65.3 Å². The smallest absolute Gasteiger partial charge is 0.157 e. The summed E-state index contributed by atoms with van der Waals surface area (Å²) in [6, 6.07) is 25.2. The normalized spacial score (nSPS) is 22.4. The van der Waals surface area contributed by atoms with Gasteiger partial charge in [0.05, 0.1) is 23.4 Å². The monoisotopic (exact) mass is 554 g/mol. The van der Waals surface area contributed by atoms with Gasteiger partial charge in [0.25, 0.3) is 0 Å². The Balaban J connectivity index is 1.29. The van der Waals surface area contributed by atoms with Gasteiger partial charge in [0, 0.05) is 43.4 Å². The summed E-state index contributed by atoms with van der Waals surface area (Å²) >= 11 is 13.1. The van der Waals surface area contributed by atoms with Crippen molar-refractivity contribution in [1.82, 2.24) is 4.90 Å². The summed E-state index contributed by atoms with van der Waals surface area (Å²) in [5, 5.41) is 1.42. The lowest BCUT2D eigenvalue weighted by molar-refractivity contribution is -0.165. The van der Waals surface area contributed by atoms with Gasteiger partial charge in [-0.05, 0) is 61.6 Å². The van der Waals surface area contributed by atoms with Crippen LogP contribution in [0.1, 0.15) is 43.4 Å². The second-order valence-corrected chi connectivity index (χ2v) is 11.0. The number of piperazine rings is 1. The molecule has 5 nitrogen and oxygen atoms in total. The third kappa shape index (κ3) is 7.02. The van der Waals surface area contributed by atoms with Crippen molar-refractivity contribution in [2.45, 2.75) is 51.1 Å². The molecular formula is C31H36Cl2N2O3. The first-order valence-electron chi connectivity index (χ1n) is 13.5. The van der Waals surface area contributed by atoms with Crippen LogP contribution in [0.4, 0.5) is 5.69 Å². The van der Waals surface area contributed by atoms with E-state index in [1.165, 1.54) is 11.1 Å². The molecule has 3 aromatic rings. The third-order valence-electron chi connectivity index (χ3n) is 7.26. The molecule has 1 unspecified atom stereocenters. The van der Waals surface area contributed by atoms with Crippen LogP contribution in [0.5, 0.6) is 5.75 Å². The minimum Gasteiger partial charge on any atom is -0.491 e. The number of hydrogen-bond donors (Lipinski definition) is 0. The molecule has 2 aliphatic rings. The zero-order valence-electron chi connectivity index (χ0n) is 21.9. The summed E-state index contributed by atoms with van der Waals surface area (Å²) < 4.78 is 17.4. The Morgan fingerprint density at radius 1 is 0.921 bits per heavy atom. The summed E-state index contributed by atoms with van der Waals surface area (Å²) in [7, 11) is 0. The van der Waals surface area contributed by atoms with Crippen LogP contribution in [0.3, 0.4) is 0 Å². The van der Waals surface area contributed by atoms with Gasteiger partial charge in [-0.2, -0.15) is 0 Å². The van der Waals surface area contributed by atoms with E-state index in [1.807, 2.05) is 24.3 Å². The molecule has 0 spiro atoms. The lowest BCUT2D eigenvalue weighted by atomic mass is 9.97. The largest absolute Gasteiger partial charge is 0.491 e. The maximum absolute atomic E-state index is 6.90. The van der Waals surface area contributed by atoms with E-state index >= 15 is 0 Å². The van der Waals surface area contributed by atoms with E-state index in [1.54, 1.807) is 0 Å². The quantitative estimate of drug-likeness (QED) is 0.258. The van der Waals surface area contributed by atoms with Crippen molar-refractivity contribution in [3.63, 3.8) is 0 Å². The lowest BCUT2D eigenvalue weighted by Gasteiger charge is -2.47. The van der Waals surface area contributed by atoms with Gasteiger partial charge >= 0.3 is 0 Å². The number of nitrogens with zero attached hydrogens (tertiary/aromatic N) is 2. The molecule has 2 aliphatic heterocycles. The topological polar surface area (TPSA) is 34.2 Å². The molecule has 0 N–H and O–H groups in total. The first-order valence-corrected chi connectivity index (χ1v) is 14.3. The average molecular weight is 556 g/mol. The van der Waals surface area contributed by atoms with Gasteiger partial charge in [0.15, 0.2) is 6.29 Å². The minimum atomic E-state index is -0.106. The Morgan fingerprint density at radius 3 is 2.47 bits per heavy atom. The number of ether oxygens (including phenoxy) is 3. The maximum atomic E-state index is 6.90. The summed E-state index contributed by atoms with van der Waals surface area (Å²) in [5.41, 5.74) is 3.55. The molecule has 3 atom stereocenters. The first kappa shape index (κ1) is 27.3. The van der Waals surface area contributed by atoms with Gasteiger partial charge < -0.3 is 19.1 Å². The zero-order valence-corrected chi connectivity index (χ0v) is 23.4. The Kier molecular flexibility index (Phi) is 9.47. The molecule has 2 fully saturated rings. The van der Waals surface area contributed by atoms with Gasteiger partial charge in [-0.15, -0.1) is 0 Å². The molecule has 2 heterocycles. The standard InChI is InChI=1S/C31H36Cl2N2O3/c1-23-20-34(21-24-7-3-2-4-8-24)22-30(25-10-12-26(32)13-11-25)35(23)29-15-14-27(19-28(29)33)36-17-18-38-31-9-5-6-16-37-31/h2-4,7-8,10-15,19,23,30-31H,5-6,9,16-18,20-22H2,1H3/t23-,30-,31?/m0/s1. The molecule has 0 aromatic heterocycles. The van der Waals surface area contributed by atoms with E-state index in [4.69, 9.17) is 37.4 Å². The predicted molar refractivity (Wildman–Crippen MR) is 154 cm³/mol. The van der Waals surface area contributed by atoms with Gasteiger partial charge in [-0.1, -0.05) is 65.7 Å². The van der Waals surface area contributed by atoms with E-state index in [9.17, 15) is 0 Å². The van der Waals surface area contributed by atoms with Crippen LogP contribution < -0.4 is 9.64 Å². The second-order valence-electron chi connectivity index (χ2n) is 10.1. The summed E-state index contributed by atoms with van der Waals surface area (Å²) in [5.74, 6) is 0.741. The molecule has 0 saturated carbocycles. The number of rotatable bonds is 9. The molecule has 0 amide bonds. The molecule has 7 heteroatoms. The Labute approximate surface area is 236 Å². The number of anilines is 1. The fourth-order valence-corrected chi connectivity index (χ4v) is 5.87. The highest BCUT2D eigenvalue weighted by atomic mass is 35.5. The molecule has 0 bridgehead atoms. The van der Waals surface area contributed by atoms with Gasteiger partial charge in [-0.3, -0.25) is 4.90 Å². The van der Waals surface area contributed by atoms with Crippen molar-refractivity contribution in [2.24, 2.45) is 0 Å². The van der Waals surface area contributed by atoms with Crippen molar-refractivity contribution >= 4 is 28.9 Å². The molecule has 202 valence electrons. The summed E-state index contributed by atoms with van der Waals surface area (Å²) in [6.07, 6.45) is 3.11. The fraction of sp³-hybridized carbons (Fsp3) is 0.419. The molecule has 38 heavy (non-hydrogen) atoms. The van der Waals surface area contributed by atoms with E-state index in [-0.39, 0.29) is 18.4 Å². The minimum absolute atomic E-state index is 0.106. The van der Waals surface area contributed by atoms with Gasteiger partial charge in [-0.25, -0.2) is 0 Å². The van der Waals surface area contributed by atoms with Crippen LogP contribution in [-0.4, -0.2) is 50.1 Å². The van der Waals surface area contributed by atoms with Crippen molar-refractivity contribution in [3.8, 4) is 5.75 Å². The van der Waals surface area contributed by atoms with Crippen LogP contribution in [0, 0.1) is 0 Å². The highest BCUT2D eigenvalue weighted by molar-refractivity contribution is 6.33. The van der Waals surface area contributed by atoms with Crippen molar-refractivity contribution in [1.29, 1.82) is 0 Å². The van der Waals surface area contributed by atoms with Crippen LogP contribution in [0.25, 0.3) is 0 Å². The van der Waals surface area contributed by atoms with E-state index < -0.39 is 0 Å². The summed E-state index contributed by atoms with van der Waals surface area (Å²) in [6.45, 7) is 6.73. The van der Waals surface area contributed by atoms with Crippen LogP contribution in [0.2, 0.25) is 10.0 Å². The molecule has 5 rings (SSSR count). The second kappa shape index (κ2) is 13.2. The fourth-order valence-electron chi connectivity index (χ4n) is 5.47. The van der Waals surface area contributed by atoms with Gasteiger partial charge in [0.1, 0.15) is 12.4 Å². The van der Waals surface area contributed by atoms with Crippen molar-refractivity contribution in [2.75, 3.05) is 37.8 Å². The maximum Gasteiger partial charge on any atom is 0.157 e. The van der Waals surface area contributed by atoms with Crippen molar-refractivity contribution in [3.05, 3.63) is 94.0 Å². The number of hydrogen-bond acceptors (Lipinski definition) is 5. The Hall–Kier alpha value is -2.28. The number of benzene rings is 3. The van der Waals surface area contributed by atoms with E-state index in [0.29, 0.717) is 18.2 Å². The first-order chi connectivity index (χ1) is 18.6. The lowest BCUT2D eigenvalue weighted by Crippen LogP contribution is -2.53. The molecule has 0 radical (unpaired) electrons. The molecular weight excluding hydrogens is 519 g/mol. The highest BCUT2D eigenvalue weighted by Crippen LogP contribution is 2.39. The Morgan fingerprint density at radius 2 is 1.74 bits per heavy atom. The number of halogens is 2. The van der Waals surface area contributed by atoms with Crippen LogP contribution in [0.15, 0.2) is 72.8 Å². The molecule has 0 aliphatic carbocycles. The third-order valence-corrected chi connectivity index (χ3v) is 7.81. The van der Waals surface area contributed by atoms with E-state index in [0.717, 1.165) is 62.0 Å². The highest BCUT2D eigenvalue weighted by Gasteiger charge is 2.34. The average Bonchev–Trinajstić information content (AvgIpc) is 2.93.